The van der Waals surface area contributed by atoms with Gasteiger partial charge in [-0.2, -0.15) is 5.26 Å². The predicted octanol–water partition coefficient (Wildman–Crippen LogP) is 3.79. The Bertz CT molecular complexity index is 1490. The second-order valence-corrected chi connectivity index (χ2v) is 9.01. The molecule has 7 heteroatoms. The summed E-state index contributed by atoms with van der Waals surface area (Å²) >= 11 is 2.61. The van der Waals surface area contributed by atoms with Gasteiger partial charge in [-0.15, -0.1) is 22.7 Å². The minimum atomic E-state index is -0.473. The number of halogens is 1. The third-order valence-corrected chi connectivity index (χ3v) is 6.57. The van der Waals surface area contributed by atoms with E-state index in [2.05, 4.69) is 0 Å². The molecule has 2 heterocycles. The van der Waals surface area contributed by atoms with Gasteiger partial charge in [-0.05, 0) is 49.4 Å². The van der Waals surface area contributed by atoms with E-state index in [4.69, 9.17) is 0 Å². The number of nitrogens with zero attached hydrogens (tertiary/aromatic N) is 2. The molecular weight excluding hydrogens is 431 g/mol. The molecule has 0 aliphatic carbocycles. The number of ketones is 1. The van der Waals surface area contributed by atoms with E-state index in [-0.39, 0.29) is 15.8 Å². The molecule has 0 amide bonds. The number of benzene rings is 2. The number of rotatable bonds is 4. The van der Waals surface area contributed by atoms with Crippen LogP contribution in [-0.2, 0) is 0 Å². The summed E-state index contributed by atoms with van der Waals surface area (Å²) in [6.07, 6.45) is 1.75. The van der Waals surface area contributed by atoms with Gasteiger partial charge < -0.3 is 0 Å². The monoisotopic (exact) mass is 446 g/mol. The van der Waals surface area contributed by atoms with Crippen molar-refractivity contribution in [2.24, 2.45) is 0 Å². The van der Waals surface area contributed by atoms with Crippen LogP contribution in [0, 0.1) is 24.1 Å². The highest BCUT2D eigenvalue weighted by molar-refractivity contribution is 7.13. The fourth-order valence-electron chi connectivity index (χ4n) is 3.06. The molecule has 152 valence electrons. The van der Waals surface area contributed by atoms with Crippen molar-refractivity contribution in [1.82, 2.24) is 4.57 Å². The zero-order chi connectivity index (χ0) is 22.0. The van der Waals surface area contributed by atoms with Crippen molar-refractivity contribution in [2.75, 3.05) is 0 Å². The lowest BCUT2D eigenvalue weighted by atomic mass is 10.1. The minimum Gasteiger partial charge on any atom is -0.288 e. The molecule has 0 unspecified atom stereocenters. The Morgan fingerprint density at radius 1 is 1.03 bits per heavy atom. The first-order chi connectivity index (χ1) is 15.0. The van der Waals surface area contributed by atoms with E-state index in [1.54, 1.807) is 36.4 Å². The number of thiophene rings is 1. The van der Waals surface area contributed by atoms with Crippen molar-refractivity contribution in [1.29, 1.82) is 5.26 Å². The van der Waals surface area contributed by atoms with Gasteiger partial charge in [0.05, 0.1) is 10.2 Å². The lowest BCUT2D eigenvalue weighted by Crippen LogP contribution is -2.31. The number of carbonyl (C=O) groups is 1. The summed E-state index contributed by atoms with van der Waals surface area (Å²) in [6, 6.07) is 19.7. The molecule has 0 atom stereocenters. The van der Waals surface area contributed by atoms with Crippen molar-refractivity contribution < 1.29 is 9.18 Å². The van der Waals surface area contributed by atoms with Crippen LogP contribution in [0.5, 0.6) is 0 Å². The summed E-state index contributed by atoms with van der Waals surface area (Å²) in [4.78, 5) is 28.3. The fraction of sp³-hybridized carbons (Fsp3) is 0.0417. The number of aryl methyl sites for hydroxylation is 1. The standard InChI is InChI=1S/C24H15FN2O2S2/c1-15-7-12-19(30-15)13-21-23(29)27(18-10-8-17(25)9-11-18)24(31-21)20(14-26)22(28)16-5-3-2-4-6-16/h2-13H,1H3/b21-13+,24-20+. The van der Waals surface area contributed by atoms with E-state index in [0.29, 0.717) is 15.8 Å². The van der Waals surface area contributed by atoms with E-state index in [9.17, 15) is 19.2 Å². The molecule has 0 aliphatic heterocycles. The Kier molecular flexibility index (Phi) is 5.76. The summed E-state index contributed by atoms with van der Waals surface area (Å²) in [5.74, 6) is -0.919. The average molecular weight is 447 g/mol. The largest absolute Gasteiger partial charge is 0.288 e. The Balaban J connectivity index is 2.06. The second kappa shape index (κ2) is 8.64. The molecule has 0 fully saturated rings. The minimum absolute atomic E-state index is 0.139. The molecule has 0 bridgehead atoms. The van der Waals surface area contributed by atoms with Gasteiger partial charge in [-0.1, -0.05) is 30.3 Å². The maximum Gasteiger partial charge on any atom is 0.273 e. The lowest BCUT2D eigenvalue weighted by molar-refractivity contribution is 0.105. The number of hydrogen-bond acceptors (Lipinski definition) is 5. The third kappa shape index (κ3) is 4.17. The summed E-state index contributed by atoms with van der Waals surface area (Å²) in [6.45, 7) is 1.97. The van der Waals surface area contributed by atoms with E-state index in [1.165, 1.54) is 40.2 Å². The van der Waals surface area contributed by atoms with Gasteiger partial charge in [0.1, 0.15) is 22.1 Å². The van der Waals surface area contributed by atoms with Crippen LogP contribution in [0.1, 0.15) is 20.1 Å². The van der Waals surface area contributed by atoms with Crippen LogP contribution < -0.4 is 14.8 Å². The number of thiazole rings is 1. The van der Waals surface area contributed by atoms with Gasteiger partial charge in [0.15, 0.2) is 0 Å². The maximum atomic E-state index is 13.5. The predicted molar refractivity (Wildman–Crippen MR) is 122 cm³/mol. The lowest BCUT2D eigenvalue weighted by Gasteiger charge is -2.04. The smallest absolute Gasteiger partial charge is 0.273 e. The molecule has 0 spiro atoms. The number of nitriles is 1. The summed E-state index contributed by atoms with van der Waals surface area (Å²) < 4.78 is 15.4. The van der Waals surface area contributed by atoms with Crippen LogP contribution in [0.15, 0.2) is 71.5 Å². The molecule has 4 rings (SSSR count). The zero-order valence-corrected chi connectivity index (χ0v) is 18.0. The molecule has 2 aromatic heterocycles. The SMILES string of the molecule is Cc1ccc(/C=c2/s/c(=C(\C#N)C(=O)c3ccccc3)n(-c3ccc(F)cc3)c2=O)s1. The molecule has 0 saturated carbocycles. The molecular formula is C24H15FN2O2S2. The summed E-state index contributed by atoms with van der Waals surface area (Å²) in [5.41, 5.74) is 0.226. The van der Waals surface area contributed by atoms with Crippen LogP contribution >= 0.6 is 22.7 Å². The Hall–Kier alpha value is -3.60. The molecule has 0 radical (unpaired) electrons. The normalized spacial score (nSPS) is 12.5. The van der Waals surface area contributed by atoms with Crippen LogP contribution in [0.25, 0.3) is 17.3 Å². The van der Waals surface area contributed by atoms with E-state index in [1.807, 2.05) is 25.1 Å². The highest BCUT2D eigenvalue weighted by Crippen LogP contribution is 2.15. The van der Waals surface area contributed by atoms with Gasteiger partial charge in [0.25, 0.3) is 5.56 Å². The van der Waals surface area contributed by atoms with Crippen LogP contribution in [0.2, 0.25) is 0 Å². The molecule has 0 saturated heterocycles. The number of aromatic nitrogens is 1. The molecule has 4 nitrogen and oxygen atoms in total. The van der Waals surface area contributed by atoms with Crippen molar-refractivity contribution >= 4 is 40.1 Å². The Morgan fingerprint density at radius 2 is 1.74 bits per heavy atom. The van der Waals surface area contributed by atoms with E-state index >= 15 is 0 Å². The Morgan fingerprint density at radius 3 is 2.35 bits per heavy atom. The number of hydrogen-bond donors (Lipinski definition) is 0. The van der Waals surface area contributed by atoms with Crippen molar-refractivity contribution in [3.8, 4) is 11.8 Å². The van der Waals surface area contributed by atoms with Gasteiger partial charge in [0.2, 0.25) is 5.78 Å². The molecule has 31 heavy (non-hydrogen) atoms. The topological polar surface area (TPSA) is 62.9 Å². The zero-order valence-electron chi connectivity index (χ0n) is 16.3. The highest BCUT2D eigenvalue weighted by Gasteiger charge is 2.18. The first-order valence-electron chi connectivity index (χ1n) is 9.28. The first-order valence-corrected chi connectivity index (χ1v) is 10.9. The second-order valence-electron chi connectivity index (χ2n) is 6.66. The van der Waals surface area contributed by atoms with Gasteiger partial charge in [0, 0.05) is 15.3 Å². The average Bonchev–Trinajstić information content (AvgIpc) is 3.33. The highest BCUT2D eigenvalue weighted by atomic mass is 32.1. The fourth-order valence-corrected chi connectivity index (χ4v) is 5.05. The molecule has 0 aliphatic rings. The third-order valence-electron chi connectivity index (χ3n) is 4.53. The molecule has 4 aromatic rings. The van der Waals surface area contributed by atoms with E-state index < -0.39 is 11.6 Å². The maximum absolute atomic E-state index is 13.5. The number of Topliss-reactive ketones (excluding diaryl/α,β-unsaturated/α-hetero) is 1. The Labute approximate surface area is 185 Å². The summed E-state index contributed by atoms with van der Waals surface area (Å²) in [5, 5.41) is 9.84. The van der Waals surface area contributed by atoms with Crippen molar-refractivity contribution in [3.63, 3.8) is 0 Å². The van der Waals surface area contributed by atoms with Gasteiger partial charge in [-0.25, -0.2) is 4.39 Å². The molecule has 0 N–H and O–H groups in total. The van der Waals surface area contributed by atoms with Crippen molar-refractivity contribution in [3.05, 3.63) is 107 Å². The van der Waals surface area contributed by atoms with E-state index in [0.717, 1.165) is 21.1 Å². The van der Waals surface area contributed by atoms with Crippen molar-refractivity contribution in [2.45, 2.75) is 6.92 Å². The summed E-state index contributed by atoms with van der Waals surface area (Å²) in [7, 11) is 0. The van der Waals surface area contributed by atoms with Gasteiger partial charge in [-0.3, -0.25) is 14.2 Å². The first kappa shape index (κ1) is 20.7. The van der Waals surface area contributed by atoms with Crippen LogP contribution in [0.4, 0.5) is 4.39 Å². The number of carbonyl (C=O) groups excluding carboxylic acids is 1. The van der Waals surface area contributed by atoms with Crippen LogP contribution in [0.3, 0.4) is 0 Å². The molecule has 2 aromatic carbocycles. The quantitative estimate of drug-likeness (QED) is 0.448. The van der Waals surface area contributed by atoms with Crippen LogP contribution in [-0.4, -0.2) is 10.4 Å². The van der Waals surface area contributed by atoms with Gasteiger partial charge >= 0.3 is 0 Å².